The molecule has 0 atom stereocenters. The molecule has 0 saturated heterocycles. The van der Waals surface area contributed by atoms with E-state index in [1.807, 2.05) is 19.0 Å². The molecule has 0 heterocycles. The number of hydrogen-bond donors (Lipinski definition) is 1. The third-order valence-electron chi connectivity index (χ3n) is 2.58. The number of hydrogen-bond acceptors (Lipinski definition) is 3. The maximum absolute atomic E-state index is 12.1. The summed E-state index contributed by atoms with van der Waals surface area (Å²) in [5.41, 5.74) is 0.680. The van der Waals surface area contributed by atoms with E-state index in [0.717, 1.165) is 13.0 Å². The number of benzene rings is 1. The summed E-state index contributed by atoms with van der Waals surface area (Å²) in [6.07, 6.45) is 0.733. The largest absolute Gasteiger partial charge is 0.309 e. The molecule has 0 aromatic heterocycles. The van der Waals surface area contributed by atoms with Crippen LogP contribution in [0, 0.1) is 6.92 Å². The van der Waals surface area contributed by atoms with Crippen molar-refractivity contribution in [1.82, 2.24) is 9.62 Å². The van der Waals surface area contributed by atoms with Gasteiger partial charge in [-0.1, -0.05) is 23.2 Å². The van der Waals surface area contributed by atoms with Crippen LogP contribution in [0.1, 0.15) is 12.0 Å². The number of sulfonamides is 1. The van der Waals surface area contributed by atoms with Crippen LogP contribution in [-0.4, -0.2) is 40.5 Å². The molecule has 1 aromatic carbocycles. The molecule has 1 aromatic rings. The molecule has 0 spiro atoms. The fourth-order valence-electron chi connectivity index (χ4n) is 1.52. The van der Waals surface area contributed by atoms with Crippen LogP contribution in [-0.2, 0) is 10.0 Å². The van der Waals surface area contributed by atoms with E-state index in [0.29, 0.717) is 17.1 Å². The van der Waals surface area contributed by atoms with Gasteiger partial charge in [-0.3, -0.25) is 0 Å². The highest BCUT2D eigenvalue weighted by Crippen LogP contribution is 2.27. The Bertz CT molecular complexity index is 545. The van der Waals surface area contributed by atoms with Gasteiger partial charge in [-0.25, -0.2) is 13.1 Å². The molecule has 4 nitrogen and oxygen atoms in total. The van der Waals surface area contributed by atoms with Gasteiger partial charge in [-0.2, -0.15) is 0 Å². The highest BCUT2D eigenvalue weighted by Gasteiger charge is 2.18. The number of nitrogens with zero attached hydrogens (tertiary/aromatic N) is 1. The Morgan fingerprint density at radius 2 is 1.84 bits per heavy atom. The smallest absolute Gasteiger partial charge is 0.242 e. The van der Waals surface area contributed by atoms with Crippen molar-refractivity contribution >= 4 is 33.2 Å². The maximum atomic E-state index is 12.1. The van der Waals surface area contributed by atoms with Gasteiger partial charge in [0.05, 0.1) is 5.02 Å². The molecular weight excluding hydrogens is 307 g/mol. The molecule has 108 valence electrons. The first-order chi connectivity index (χ1) is 8.74. The van der Waals surface area contributed by atoms with Crippen LogP contribution in [0.3, 0.4) is 0 Å². The lowest BCUT2D eigenvalue weighted by atomic mass is 10.2. The Kier molecular flexibility index (Phi) is 6.08. The van der Waals surface area contributed by atoms with E-state index in [-0.39, 0.29) is 9.92 Å². The van der Waals surface area contributed by atoms with Gasteiger partial charge < -0.3 is 4.90 Å². The Hall–Kier alpha value is -0.330. The summed E-state index contributed by atoms with van der Waals surface area (Å²) in [6, 6.07) is 2.94. The second-order valence-corrected chi connectivity index (χ2v) is 7.14. The van der Waals surface area contributed by atoms with Crippen molar-refractivity contribution in [3.05, 3.63) is 27.7 Å². The van der Waals surface area contributed by atoms with E-state index in [9.17, 15) is 8.42 Å². The third-order valence-corrected chi connectivity index (χ3v) is 4.91. The average Bonchev–Trinajstić information content (AvgIpc) is 2.29. The van der Waals surface area contributed by atoms with E-state index in [1.54, 1.807) is 6.92 Å². The van der Waals surface area contributed by atoms with Crippen LogP contribution in [0.2, 0.25) is 10.0 Å². The monoisotopic (exact) mass is 324 g/mol. The minimum absolute atomic E-state index is 0.0703. The van der Waals surface area contributed by atoms with Crippen LogP contribution < -0.4 is 4.72 Å². The normalized spacial score (nSPS) is 12.1. The first kappa shape index (κ1) is 16.7. The molecule has 0 aliphatic heterocycles. The van der Waals surface area contributed by atoms with Gasteiger partial charge in [0.25, 0.3) is 0 Å². The molecule has 0 aliphatic carbocycles. The zero-order valence-electron chi connectivity index (χ0n) is 11.2. The van der Waals surface area contributed by atoms with Gasteiger partial charge in [0, 0.05) is 11.6 Å². The molecular formula is C12H18Cl2N2O2S. The summed E-state index contributed by atoms with van der Waals surface area (Å²) in [7, 11) is 0.290. The predicted molar refractivity (Wildman–Crippen MR) is 79.6 cm³/mol. The van der Waals surface area contributed by atoms with Gasteiger partial charge >= 0.3 is 0 Å². The first-order valence-corrected chi connectivity index (χ1v) is 8.08. The number of rotatable bonds is 6. The minimum Gasteiger partial charge on any atom is -0.309 e. The van der Waals surface area contributed by atoms with Crippen molar-refractivity contribution in [2.75, 3.05) is 27.2 Å². The van der Waals surface area contributed by atoms with Crippen molar-refractivity contribution < 1.29 is 8.42 Å². The fraction of sp³-hybridized carbons (Fsp3) is 0.500. The van der Waals surface area contributed by atoms with Crippen LogP contribution >= 0.6 is 23.2 Å². The highest BCUT2D eigenvalue weighted by atomic mass is 35.5. The molecule has 1 N–H and O–H groups in total. The summed E-state index contributed by atoms with van der Waals surface area (Å²) < 4.78 is 26.8. The van der Waals surface area contributed by atoms with E-state index in [1.165, 1.54) is 12.1 Å². The summed E-state index contributed by atoms with van der Waals surface area (Å²) >= 11 is 11.8. The van der Waals surface area contributed by atoms with E-state index in [2.05, 4.69) is 4.72 Å². The molecule has 0 amide bonds. The van der Waals surface area contributed by atoms with Gasteiger partial charge in [-0.15, -0.1) is 0 Å². The van der Waals surface area contributed by atoms with Gasteiger partial charge in [0.2, 0.25) is 10.0 Å². The van der Waals surface area contributed by atoms with Crippen LogP contribution in [0.4, 0.5) is 0 Å². The van der Waals surface area contributed by atoms with E-state index in [4.69, 9.17) is 23.2 Å². The molecule has 0 bridgehead atoms. The number of halogens is 2. The second kappa shape index (κ2) is 6.90. The molecule has 7 heteroatoms. The summed E-state index contributed by atoms with van der Waals surface area (Å²) in [5, 5.41) is 0.590. The highest BCUT2D eigenvalue weighted by molar-refractivity contribution is 7.89. The van der Waals surface area contributed by atoms with Crippen molar-refractivity contribution in [2.45, 2.75) is 18.2 Å². The molecule has 0 fully saturated rings. The zero-order chi connectivity index (χ0) is 14.6. The lowest BCUT2D eigenvalue weighted by Gasteiger charge is -2.12. The molecule has 0 saturated carbocycles. The van der Waals surface area contributed by atoms with Crippen LogP contribution in [0.25, 0.3) is 0 Å². The van der Waals surface area contributed by atoms with E-state index < -0.39 is 10.0 Å². The van der Waals surface area contributed by atoms with Crippen LogP contribution in [0.5, 0.6) is 0 Å². The Balaban J connectivity index is 2.80. The Morgan fingerprint density at radius 3 is 2.42 bits per heavy atom. The molecule has 0 unspecified atom stereocenters. The van der Waals surface area contributed by atoms with Crippen LogP contribution in [0.15, 0.2) is 17.0 Å². The average molecular weight is 325 g/mol. The van der Waals surface area contributed by atoms with Crippen molar-refractivity contribution in [3.63, 3.8) is 0 Å². The standard InChI is InChI=1S/C12H18Cl2N2O2S/c1-9-7-12(11(14)8-10(9)13)19(17,18)15-5-4-6-16(2)3/h7-8,15H,4-6H2,1-3H3. The van der Waals surface area contributed by atoms with Gasteiger partial charge in [0.1, 0.15) is 4.90 Å². The topological polar surface area (TPSA) is 49.4 Å². The summed E-state index contributed by atoms with van der Waals surface area (Å²) in [5.74, 6) is 0. The van der Waals surface area contributed by atoms with Gasteiger partial charge in [-0.05, 0) is 51.7 Å². The Morgan fingerprint density at radius 1 is 1.21 bits per heavy atom. The lowest BCUT2D eigenvalue weighted by molar-refractivity contribution is 0.400. The van der Waals surface area contributed by atoms with Crippen molar-refractivity contribution in [1.29, 1.82) is 0 Å². The lowest BCUT2D eigenvalue weighted by Crippen LogP contribution is -2.27. The van der Waals surface area contributed by atoms with E-state index >= 15 is 0 Å². The minimum atomic E-state index is -3.59. The molecule has 1 rings (SSSR count). The summed E-state index contributed by atoms with van der Waals surface area (Å²) in [4.78, 5) is 2.06. The van der Waals surface area contributed by atoms with Crippen molar-refractivity contribution in [2.24, 2.45) is 0 Å². The van der Waals surface area contributed by atoms with Crippen molar-refractivity contribution in [3.8, 4) is 0 Å². The SMILES string of the molecule is Cc1cc(S(=O)(=O)NCCCN(C)C)c(Cl)cc1Cl. The quantitative estimate of drug-likeness (QED) is 0.818. The Labute approximate surface area is 124 Å². The molecule has 19 heavy (non-hydrogen) atoms. The third kappa shape index (κ3) is 4.93. The molecule has 0 radical (unpaired) electrons. The fourth-order valence-corrected chi connectivity index (χ4v) is 3.42. The number of aryl methyl sites for hydroxylation is 1. The van der Waals surface area contributed by atoms with Gasteiger partial charge in [0.15, 0.2) is 0 Å². The maximum Gasteiger partial charge on any atom is 0.242 e. The number of nitrogens with one attached hydrogen (secondary N) is 1. The summed E-state index contributed by atoms with van der Waals surface area (Å²) in [6.45, 7) is 2.93. The molecule has 0 aliphatic rings. The zero-order valence-corrected chi connectivity index (χ0v) is 13.5. The predicted octanol–water partition coefficient (Wildman–Crippen LogP) is 2.53. The first-order valence-electron chi connectivity index (χ1n) is 5.84. The second-order valence-electron chi connectivity index (χ2n) is 4.59.